The minimum Gasteiger partial charge on any atom is -0.463 e. The molecule has 6 heteroatoms. The number of hydrogen-bond donors (Lipinski definition) is 0. The first-order valence-corrected chi connectivity index (χ1v) is 4.92. The molecule has 0 amide bonds. The third-order valence-electron chi connectivity index (χ3n) is 1.60. The SMILES string of the molecule is CCC(=NC(C)(C)C)[N-]C(C)C(F)(F)F.[Mn]. The molecule has 1 atom stereocenters. The molecule has 1 radical (unpaired) electrons. The van der Waals surface area contributed by atoms with Crippen molar-refractivity contribution in [3.8, 4) is 0 Å². The molecule has 0 rings (SSSR count). The summed E-state index contributed by atoms with van der Waals surface area (Å²) >= 11 is 0. The Morgan fingerprint density at radius 2 is 1.69 bits per heavy atom. The van der Waals surface area contributed by atoms with E-state index in [1.807, 2.05) is 20.8 Å². The molecule has 1 unspecified atom stereocenters. The minimum atomic E-state index is -4.28. The first-order valence-electron chi connectivity index (χ1n) is 4.92. The van der Waals surface area contributed by atoms with Crippen LogP contribution in [0.4, 0.5) is 13.2 Å². The summed E-state index contributed by atoms with van der Waals surface area (Å²) in [6.45, 7) is 8.27. The van der Waals surface area contributed by atoms with E-state index in [4.69, 9.17) is 0 Å². The van der Waals surface area contributed by atoms with Crippen LogP contribution in [0, 0.1) is 0 Å². The molecule has 0 saturated carbocycles. The van der Waals surface area contributed by atoms with Gasteiger partial charge in [-0.05, 0) is 12.0 Å². The van der Waals surface area contributed by atoms with Gasteiger partial charge in [-0.25, -0.2) is 0 Å². The Hall–Kier alpha value is -0.221. The molecule has 2 nitrogen and oxygen atoms in total. The zero-order valence-electron chi connectivity index (χ0n) is 10.2. The van der Waals surface area contributed by atoms with Gasteiger partial charge in [0.25, 0.3) is 0 Å². The summed E-state index contributed by atoms with van der Waals surface area (Å²) in [5.74, 6) is 0.271. The topological polar surface area (TPSA) is 26.5 Å². The number of nitrogens with zero attached hydrogens (tertiary/aromatic N) is 2. The molecule has 0 fully saturated rings. The van der Waals surface area contributed by atoms with Crippen molar-refractivity contribution >= 4 is 5.84 Å². The summed E-state index contributed by atoms with van der Waals surface area (Å²) in [6, 6.07) is -1.68. The molecule has 0 N–H and O–H groups in total. The molecule has 0 aromatic heterocycles. The Bertz CT molecular complexity index is 231. The summed E-state index contributed by atoms with van der Waals surface area (Å²) in [7, 11) is 0. The summed E-state index contributed by atoms with van der Waals surface area (Å²) < 4.78 is 36.7. The summed E-state index contributed by atoms with van der Waals surface area (Å²) in [5, 5.41) is 3.58. The molecule has 0 bridgehead atoms. The monoisotopic (exact) mass is 278 g/mol. The van der Waals surface area contributed by atoms with Gasteiger partial charge in [-0.2, -0.15) is 13.2 Å². The second kappa shape index (κ2) is 6.50. The van der Waals surface area contributed by atoms with Crippen molar-refractivity contribution in [3.63, 3.8) is 0 Å². The maximum absolute atomic E-state index is 12.2. The van der Waals surface area contributed by atoms with Crippen LogP contribution >= 0.6 is 0 Å². The number of halogens is 3. The van der Waals surface area contributed by atoms with Crippen molar-refractivity contribution in [2.24, 2.45) is 4.99 Å². The fourth-order valence-corrected chi connectivity index (χ4v) is 0.883. The smallest absolute Gasteiger partial charge is 0.390 e. The van der Waals surface area contributed by atoms with Gasteiger partial charge < -0.3 is 10.3 Å². The van der Waals surface area contributed by atoms with Crippen molar-refractivity contribution in [2.45, 2.75) is 58.8 Å². The van der Waals surface area contributed by atoms with E-state index in [0.29, 0.717) is 6.42 Å². The second-order valence-electron chi connectivity index (χ2n) is 4.40. The summed E-state index contributed by atoms with van der Waals surface area (Å²) in [5.41, 5.74) is -0.389. The van der Waals surface area contributed by atoms with Gasteiger partial charge in [-0.1, -0.05) is 40.5 Å². The van der Waals surface area contributed by atoms with Crippen molar-refractivity contribution in [2.75, 3.05) is 0 Å². The zero-order chi connectivity index (χ0) is 12.3. The maximum Gasteiger partial charge on any atom is 0.390 e. The Morgan fingerprint density at radius 3 is 1.94 bits per heavy atom. The van der Waals surface area contributed by atoms with E-state index in [1.54, 1.807) is 6.92 Å². The fourth-order valence-electron chi connectivity index (χ4n) is 0.883. The van der Waals surface area contributed by atoms with Gasteiger partial charge >= 0.3 is 6.18 Å². The average molecular weight is 278 g/mol. The van der Waals surface area contributed by atoms with Gasteiger partial charge in [-0.15, -0.1) is 0 Å². The normalized spacial score (nSPS) is 15.4. The third kappa shape index (κ3) is 7.99. The van der Waals surface area contributed by atoms with E-state index in [0.717, 1.165) is 6.92 Å². The Morgan fingerprint density at radius 1 is 1.25 bits per heavy atom. The van der Waals surface area contributed by atoms with Crippen molar-refractivity contribution in [3.05, 3.63) is 5.32 Å². The molecular weight excluding hydrogens is 260 g/mol. The predicted molar refractivity (Wildman–Crippen MR) is 56.4 cm³/mol. The van der Waals surface area contributed by atoms with Crippen LogP contribution in [0.5, 0.6) is 0 Å². The van der Waals surface area contributed by atoms with Crippen LogP contribution in [-0.2, 0) is 17.1 Å². The number of amidine groups is 1. The molecule has 0 spiro atoms. The second-order valence-corrected chi connectivity index (χ2v) is 4.40. The summed E-state index contributed by atoms with van der Waals surface area (Å²) in [6.07, 6.45) is -3.87. The van der Waals surface area contributed by atoms with Gasteiger partial charge in [0.1, 0.15) is 0 Å². The van der Waals surface area contributed by atoms with Crippen LogP contribution < -0.4 is 0 Å². The molecule has 0 aliphatic heterocycles. The van der Waals surface area contributed by atoms with Crippen molar-refractivity contribution in [1.82, 2.24) is 0 Å². The van der Waals surface area contributed by atoms with Gasteiger partial charge in [-0.3, -0.25) is 0 Å². The Labute approximate surface area is 106 Å². The fraction of sp³-hybridized carbons (Fsp3) is 0.900. The number of aliphatic imine (C=N–C) groups is 1. The summed E-state index contributed by atoms with van der Waals surface area (Å²) in [4.78, 5) is 4.13. The van der Waals surface area contributed by atoms with Crippen LogP contribution in [-0.4, -0.2) is 23.6 Å². The van der Waals surface area contributed by atoms with Crippen LogP contribution in [0.2, 0.25) is 0 Å². The van der Waals surface area contributed by atoms with Crippen LogP contribution in [0.25, 0.3) is 5.32 Å². The van der Waals surface area contributed by atoms with Crippen LogP contribution in [0.3, 0.4) is 0 Å². The number of hydrogen-bond acceptors (Lipinski definition) is 1. The molecule has 16 heavy (non-hydrogen) atoms. The van der Waals surface area contributed by atoms with E-state index < -0.39 is 12.2 Å². The minimum absolute atomic E-state index is 0. The van der Waals surface area contributed by atoms with Gasteiger partial charge in [0.15, 0.2) is 0 Å². The molecule has 0 aromatic rings. The molecule has 0 aliphatic rings. The molecular formula is C10H18F3MnN2-. The quantitative estimate of drug-likeness (QED) is 0.416. The first-order chi connectivity index (χ1) is 6.56. The van der Waals surface area contributed by atoms with E-state index in [2.05, 4.69) is 10.3 Å². The van der Waals surface area contributed by atoms with Crippen LogP contribution in [0.15, 0.2) is 4.99 Å². The van der Waals surface area contributed by atoms with Crippen molar-refractivity contribution in [1.29, 1.82) is 0 Å². The Kier molecular flexibility index (Phi) is 7.37. The van der Waals surface area contributed by atoms with Gasteiger partial charge in [0.05, 0.1) is 6.04 Å². The van der Waals surface area contributed by atoms with E-state index in [-0.39, 0.29) is 28.4 Å². The first kappa shape index (κ1) is 18.2. The Balaban J connectivity index is 0. The largest absolute Gasteiger partial charge is 0.463 e. The number of rotatable bonds is 2. The third-order valence-corrected chi connectivity index (χ3v) is 1.60. The van der Waals surface area contributed by atoms with Gasteiger partial charge in [0, 0.05) is 17.1 Å². The molecule has 0 heterocycles. The average Bonchev–Trinajstić information content (AvgIpc) is 1.98. The molecule has 97 valence electrons. The standard InChI is InChI=1S/C10H18F3N2.Mn/c1-6-8(15-9(3,4)5)14-7(2)10(11,12)13;/h7H,6H2,1-5H3;/q-1;. The van der Waals surface area contributed by atoms with Crippen molar-refractivity contribution < 1.29 is 30.2 Å². The predicted octanol–water partition coefficient (Wildman–Crippen LogP) is 3.92. The van der Waals surface area contributed by atoms with Gasteiger partial charge in [0.2, 0.25) is 0 Å². The van der Waals surface area contributed by atoms with Crippen LogP contribution in [0.1, 0.15) is 41.0 Å². The number of alkyl halides is 3. The molecule has 0 aliphatic carbocycles. The maximum atomic E-state index is 12.2. The van der Waals surface area contributed by atoms with E-state index in [9.17, 15) is 13.2 Å². The molecule has 0 saturated heterocycles. The van der Waals surface area contributed by atoms with E-state index >= 15 is 0 Å². The zero-order valence-corrected chi connectivity index (χ0v) is 11.4. The molecule has 0 aromatic carbocycles. The van der Waals surface area contributed by atoms with E-state index in [1.165, 1.54) is 0 Å².